The molecule has 0 aliphatic carbocycles. The molecule has 3 nitrogen and oxygen atoms in total. The standard InChI is InChI=1S/C17H22Cl2N2O.C7H8.C2H6/c1-12(14-7-4-8-15(18)16(14)19)21-11-17(2,3)10-13(20)6-5-9-22;1-7-5-3-2-4-6-7;1-2/h4-8,10,21-22H,1,9,11,20H2,2-3H3;2-6H,1H3;1-2H3/b6-5-,13-10+;;. The van der Waals surface area contributed by atoms with Gasteiger partial charge in [0.2, 0.25) is 0 Å². The zero-order valence-corrected chi connectivity index (χ0v) is 20.8. The first-order valence-electron chi connectivity index (χ1n) is 10.3. The first-order chi connectivity index (χ1) is 14.7. The van der Waals surface area contributed by atoms with Crippen molar-refractivity contribution in [1.82, 2.24) is 5.32 Å². The van der Waals surface area contributed by atoms with E-state index in [9.17, 15) is 0 Å². The second-order valence-electron chi connectivity index (χ2n) is 7.31. The van der Waals surface area contributed by atoms with Crippen LogP contribution in [-0.2, 0) is 0 Å². The highest BCUT2D eigenvalue weighted by molar-refractivity contribution is 6.43. The Kier molecular flexibility index (Phi) is 14.5. The molecule has 0 amide bonds. The van der Waals surface area contributed by atoms with Crippen LogP contribution in [0.1, 0.15) is 38.8 Å². The smallest absolute Gasteiger partial charge is 0.0685 e. The Morgan fingerprint density at radius 1 is 1.10 bits per heavy atom. The van der Waals surface area contributed by atoms with E-state index >= 15 is 0 Å². The van der Waals surface area contributed by atoms with Gasteiger partial charge in [0, 0.05) is 28.9 Å². The highest BCUT2D eigenvalue weighted by Gasteiger charge is 2.16. The van der Waals surface area contributed by atoms with Crippen molar-refractivity contribution in [3.63, 3.8) is 0 Å². The minimum Gasteiger partial charge on any atom is -0.399 e. The molecule has 0 saturated carbocycles. The van der Waals surface area contributed by atoms with Crippen LogP contribution in [0, 0.1) is 12.3 Å². The van der Waals surface area contributed by atoms with Gasteiger partial charge in [-0.2, -0.15) is 0 Å². The molecule has 170 valence electrons. The van der Waals surface area contributed by atoms with Crippen molar-refractivity contribution in [2.24, 2.45) is 11.1 Å². The summed E-state index contributed by atoms with van der Waals surface area (Å²) in [6.07, 6.45) is 5.21. The van der Waals surface area contributed by atoms with E-state index in [1.54, 1.807) is 18.2 Å². The van der Waals surface area contributed by atoms with Crippen molar-refractivity contribution < 1.29 is 5.11 Å². The Morgan fingerprint density at radius 2 is 1.71 bits per heavy atom. The SMILES string of the molecule is C=C(NCC(C)(C)/C=C(N)\C=C/CO)c1cccc(Cl)c1Cl.CC.Cc1ccccc1. The topological polar surface area (TPSA) is 58.3 Å². The van der Waals surface area contributed by atoms with Crippen LogP contribution in [0.5, 0.6) is 0 Å². The largest absolute Gasteiger partial charge is 0.399 e. The van der Waals surface area contributed by atoms with Crippen LogP contribution in [0.2, 0.25) is 10.0 Å². The number of hydrogen-bond donors (Lipinski definition) is 3. The fourth-order valence-corrected chi connectivity index (χ4v) is 2.85. The molecule has 2 rings (SSSR count). The molecule has 0 aliphatic heterocycles. The molecule has 0 radical (unpaired) electrons. The van der Waals surface area contributed by atoms with Gasteiger partial charge in [0.1, 0.15) is 0 Å². The summed E-state index contributed by atoms with van der Waals surface area (Å²) < 4.78 is 0. The molecule has 0 atom stereocenters. The number of nitrogens with one attached hydrogen (secondary N) is 1. The van der Waals surface area contributed by atoms with Crippen LogP contribution < -0.4 is 11.1 Å². The summed E-state index contributed by atoms with van der Waals surface area (Å²) in [4.78, 5) is 0. The van der Waals surface area contributed by atoms with Crippen molar-refractivity contribution >= 4 is 28.9 Å². The third kappa shape index (κ3) is 12.3. The first kappa shape index (κ1) is 28.8. The number of nitrogens with two attached hydrogens (primary N) is 1. The van der Waals surface area contributed by atoms with Gasteiger partial charge in [-0.3, -0.25) is 0 Å². The van der Waals surface area contributed by atoms with Gasteiger partial charge in [0.05, 0.1) is 16.7 Å². The van der Waals surface area contributed by atoms with Crippen molar-refractivity contribution in [3.8, 4) is 0 Å². The lowest BCUT2D eigenvalue weighted by atomic mass is 9.91. The maximum Gasteiger partial charge on any atom is 0.0685 e. The third-order valence-corrected chi connectivity index (χ3v) is 4.77. The zero-order valence-electron chi connectivity index (χ0n) is 19.3. The van der Waals surface area contributed by atoms with E-state index in [1.165, 1.54) is 5.56 Å². The summed E-state index contributed by atoms with van der Waals surface area (Å²) in [6, 6.07) is 15.7. The van der Waals surface area contributed by atoms with Gasteiger partial charge in [-0.05, 0) is 19.1 Å². The van der Waals surface area contributed by atoms with Gasteiger partial charge in [-0.25, -0.2) is 0 Å². The molecule has 4 N–H and O–H groups in total. The lowest BCUT2D eigenvalue weighted by Gasteiger charge is -2.23. The Bertz CT molecular complexity index is 844. The number of halogens is 2. The number of aliphatic hydroxyl groups excluding tert-OH is 1. The minimum atomic E-state index is -0.197. The van der Waals surface area contributed by atoms with Gasteiger partial charge in [0.15, 0.2) is 0 Å². The number of benzene rings is 2. The molecule has 0 fully saturated rings. The first-order valence-corrected chi connectivity index (χ1v) is 11.1. The maximum absolute atomic E-state index is 8.75. The van der Waals surface area contributed by atoms with Gasteiger partial charge in [0.25, 0.3) is 0 Å². The van der Waals surface area contributed by atoms with Crippen LogP contribution in [-0.4, -0.2) is 18.3 Å². The summed E-state index contributed by atoms with van der Waals surface area (Å²) in [5, 5.41) is 13.0. The van der Waals surface area contributed by atoms with Crippen LogP contribution in [0.15, 0.2) is 79.0 Å². The van der Waals surface area contributed by atoms with Crippen molar-refractivity contribution in [2.75, 3.05) is 13.2 Å². The highest BCUT2D eigenvalue weighted by Crippen LogP contribution is 2.29. The summed E-state index contributed by atoms with van der Waals surface area (Å²) in [5.74, 6) is 0. The number of rotatable bonds is 7. The fraction of sp³-hybridized carbons (Fsp3) is 0.308. The van der Waals surface area contributed by atoms with Crippen molar-refractivity contribution in [1.29, 1.82) is 0 Å². The van der Waals surface area contributed by atoms with Crippen LogP contribution in [0.25, 0.3) is 5.70 Å². The molecule has 0 saturated heterocycles. The van der Waals surface area contributed by atoms with Gasteiger partial charge in [-0.1, -0.05) is 118 Å². The van der Waals surface area contributed by atoms with Gasteiger partial charge >= 0.3 is 0 Å². The Labute approximate surface area is 198 Å². The average Bonchev–Trinajstić information content (AvgIpc) is 2.75. The third-order valence-electron chi connectivity index (χ3n) is 3.95. The zero-order chi connectivity index (χ0) is 23.9. The average molecular weight is 463 g/mol. The second kappa shape index (κ2) is 15.6. The Hall–Kier alpha value is -2.20. The summed E-state index contributed by atoms with van der Waals surface area (Å²) in [5.41, 5.74) is 9.10. The Balaban J connectivity index is 0.000000831. The molecule has 2 aromatic rings. The molecule has 0 aliphatic rings. The molecule has 2 aromatic carbocycles. The van der Waals surface area contributed by atoms with Gasteiger partial charge < -0.3 is 16.2 Å². The Morgan fingerprint density at radius 3 is 2.23 bits per heavy atom. The molecule has 0 unspecified atom stereocenters. The molecule has 0 aromatic heterocycles. The van der Waals surface area contributed by atoms with Crippen LogP contribution >= 0.6 is 23.2 Å². The number of allylic oxidation sites excluding steroid dienone is 1. The lowest BCUT2D eigenvalue weighted by molar-refractivity contribution is 0.342. The normalized spacial score (nSPS) is 11.2. The molecule has 5 heteroatoms. The van der Waals surface area contributed by atoms with Crippen molar-refractivity contribution in [3.05, 3.63) is 100 Å². The lowest BCUT2D eigenvalue weighted by Crippen LogP contribution is -2.27. The predicted octanol–water partition coefficient (Wildman–Crippen LogP) is 6.99. The number of aryl methyl sites for hydroxylation is 1. The molecule has 31 heavy (non-hydrogen) atoms. The van der Waals surface area contributed by atoms with E-state index in [1.807, 2.05) is 64.1 Å². The molecular weight excluding hydrogens is 427 g/mol. The van der Waals surface area contributed by atoms with Crippen molar-refractivity contribution in [2.45, 2.75) is 34.6 Å². The minimum absolute atomic E-state index is 0.0305. The quantitative estimate of drug-likeness (QED) is 0.388. The molecule has 0 heterocycles. The van der Waals surface area contributed by atoms with E-state index in [-0.39, 0.29) is 12.0 Å². The summed E-state index contributed by atoms with van der Waals surface area (Å²) in [7, 11) is 0. The van der Waals surface area contributed by atoms with Crippen LogP contribution in [0.4, 0.5) is 0 Å². The fourth-order valence-electron chi connectivity index (χ4n) is 2.44. The molecule has 0 spiro atoms. The molecular formula is C26H36Cl2N2O. The second-order valence-corrected chi connectivity index (χ2v) is 8.09. The number of aliphatic hydroxyl groups is 1. The highest BCUT2D eigenvalue weighted by atomic mass is 35.5. The van der Waals surface area contributed by atoms with Gasteiger partial charge in [-0.15, -0.1) is 0 Å². The van der Waals surface area contributed by atoms with E-state index < -0.39 is 0 Å². The van der Waals surface area contributed by atoms with E-state index in [0.717, 1.165) is 5.56 Å². The van der Waals surface area contributed by atoms with Crippen LogP contribution in [0.3, 0.4) is 0 Å². The predicted molar refractivity (Wildman–Crippen MR) is 138 cm³/mol. The monoisotopic (exact) mass is 462 g/mol. The van der Waals surface area contributed by atoms with E-state index in [2.05, 4.69) is 31.0 Å². The maximum atomic E-state index is 8.75. The summed E-state index contributed by atoms with van der Waals surface area (Å²) >= 11 is 12.2. The number of hydrogen-bond acceptors (Lipinski definition) is 3. The van der Waals surface area contributed by atoms with E-state index in [0.29, 0.717) is 28.0 Å². The summed E-state index contributed by atoms with van der Waals surface area (Å²) in [6.45, 7) is 14.8. The molecule has 0 bridgehead atoms. The van der Waals surface area contributed by atoms with E-state index in [4.69, 9.17) is 34.0 Å².